The minimum atomic E-state index is -0.415. The Morgan fingerprint density at radius 1 is 1.00 bits per heavy atom. The van der Waals surface area contributed by atoms with Gasteiger partial charge in [0.1, 0.15) is 0 Å². The zero-order valence-corrected chi connectivity index (χ0v) is 12.4. The quantitative estimate of drug-likeness (QED) is 0.872. The van der Waals surface area contributed by atoms with Crippen molar-refractivity contribution in [3.05, 3.63) is 95.6 Å². The SMILES string of the molecule is NC1(Cc2ccccc2)C=CC(C(=O)c2ccccc2)=CC1. The molecule has 3 rings (SSSR count). The van der Waals surface area contributed by atoms with Gasteiger partial charge in [-0.2, -0.15) is 0 Å². The van der Waals surface area contributed by atoms with Crippen LogP contribution in [0.25, 0.3) is 0 Å². The largest absolute Gasteiger partial charge is 0.321 e. The van der Waals surface area contributed by atoms with Crippen LogP contribution in [-0.4, -0.2) is 11.3 Å². The Hall–Kier alpha value is -2.45. The fraction of sp³-hybridized carbons (Fsp3) is 0.150. The molecule has 0 saturated carbocycles. The molecule has 2 aromatic rings. The van der Waals surface area contributed by atoms with Crippen LogP contribution in [-0.2, 0) is 6.42 Å². The molecule has 2 heteroatoms. The second kappa shape index (κ2) is 6.12. The van der Waals surface area contributed by atoms with Gasteiger partial charge in [-0.25, -0.2) is 0 Å². The minimum Gasteiger partial charge on any atom is -0.321 e. The Balaban J connectivity index is 1.72. The van der Waals surface area contributed by atoms with Gasteiger partial charge in [0.2, 0.25) is 0 Å². The third-order valence-corrected chi connectivity index (χ3v) is 3.97. The maximum atomic E-state index is 12.4. The first-order valence-corrected chi connectivity index (χ1v) is 7.48. The molecule has 0 bridgehead atoms. The zero-order chi connectivity index (χ0) is 15.4. The summed E-state index contributed by atoms with van der Waals surface area (Å²) in [4.78, 5) is 12.4. The van der Waals surface area contributed by atoms with Crippen molar-refractivity contribution in [3.63, 3.8) is 0 Å². The van der Waals surface area contributed by atoms with Gasteiger partial charge in [-0.3, -0.25) is 4.79 Å². The molecule has 2 aromatic carbocycles. The Kier molecular flexibility index (Phi) is 4.03. The van der Waals surface area contributed by atoms with E-state index in [1.807, 2.05) is 66.8 Å². The smallest absolute Gasteiger partial charge is 0.192 e. The van der Waals surface area contributed by atoms with Crippen molar-refractivity contribution < 1.29 is 4.79 Å². The molecular formula is C20H19NO. The van der Waals surface area contributed by atoms with Crippen molar-refractivity contribution >= 4 is 5.78 Å². The lowest BCUT2D eigenvalue weighted by atomic mass is 9.83. The predicted octanol–water partition coefficient (Wildman–Crippen LogP) is 3.70. The minimum absolute atomic E-state index is 0.0543. The van der Waals surface area contributed by atoms with E-state index in [-0.39, 0.29) is 5.78 Å². The van der Waals surface area contributed by atoms with Crippen LogP contribution in [0.1, 0.15) is 22.3 Å². The van der Waals surface area contributed by atoms with Gasteiger partial charge in [0, 0.05) is 16.7 Å². The first-order valence-electron chi connectivity index (χ1n) is 7.48. The molecule has 1 unspecified atom stereocenters. The summed E-state index contributed by atoms with van der Waals surface area (Å²) in [5, 5.41) is 0. The molecule has 22 heavy (non-hydrogen) atoms. The van der Waals surface area contributed by atoms with Crippen LogP contribution < -0.4 is 5.73 Å². The lowest BCUT2D eigenvalue weighted by Gasteiger charge is -2.28. The number of benzene rings is 2. The molecule has 0 aliphatic heterocycles. The molecule has 0 amide bonds. The maximum absolute atomic E-state index is 12.4. The molecule has 1 aliphatic rings. The van der Waals surface area contributed by atoms with Crippen molar-refractivity contribution in [3.8, 4) is 0 Å². The lowest BCUT2D eigenvalue weighted by molar-refractivity contribution is 0.103. The van der Waals surface area contributed by atoms with Gasteiger partial charge in [0.25, 0.3) is 0 Å². The summed E-state index contributed by atoms with van der Waals surface area (Å²) < 4.78 is 0. The third-order valence-electron chi connectivity index (χ3n) is 3.97. The van der Waals surface area contributed by atoms with Gasteiger partial charge in [0.05, 0.1) is 0 Å². The number of carbonyl (C=O) groups is 1. The van der Waals surface area contributed by atoms with E-state index in [4.69, 9.17) is 5.73 Å². The van der Waals surface area contributed by atoms with Crippen molar-refractivity contribution in [1.82, 2.24) is 0 Å². The summed E-state index contributed by atoms with van der Waals surface area (Å²) in [6.07, 6.45) is 7.23. The van der Waals surface area contributed by atoms with Crippen LogP contribution in [0, 0.1) is 0 Å². The monoisotopic (exact) mass is 289 g/mol. The molecule has 0 radical (unpaired) electrons. The molecule has 2 N–H and O–H groups in total. The normalized spacial score (nSPS) is 20.5. The summed E-state index contributed by atoms with van der Waals surface area (Å²) in [5.41, 5.74) is 8.68. The molecule has 1 aliphatic carbocycles. The third kappa shape index (κ3) is 3.23. The number of rotatable bonds is 4. The Morgan fingerprint density at radius 2 is 1.64 bits per heavy atom. The lowest BCUT2D eigenvalue weighted by Crippen LogP contribution is -2.40. The maximum Gasteiger partial charge on any atom is 0.192 e. The van der Waals surface area contributed by atoms with Crippen LogP contribution in [0.4, 0.5) is 0 Å². The molecule has 0 fully saturated rings. The number of Topliss-reactive ketones (excluding diaryl/α,β-unsaturated/α-hetero) is 1. The molecule has 110 valence electrons. The summed E-state index contributed by atoms with van der Waals surface area (Å²) in [7, 11) is 0. The molecule has 0 heterocycles. The van der Waals surface area contributed by atoms with E-state index in [2.05, 4.69) is 12.1 Å². The molecule has 0 spiro atoms. The second-order valence-corrected chi connectivity index (χ2v) is 5.79. The van der Waals surface area contributed by atoms with Crippen LogP contribution in [0.5, 0.6) is 0 Å². The van der Waals surface area contributed by atoms with E-state index in [1.165, 1.54) is 5.56 Å². The van der Waals surface area contributed by atoms with E-state index in [0.717, 1.165) is 12.0 Å². The molecule has 0 aromatic heterocycles. The van der Waals surface area contributed by atoms with E-state index in [1.54, 1.807) is 0 Å². The van der Waals surface area contributed by atoms with Crippen molar-refractivity contribution in [2.75, 3.05) is 0 Å². The van der Waals surface area contributed by atoms with Gasteiger partial charge >= 0.3 is 0 Å². The van der Waals surface area contributed by atoms with E-state index in [0.29, 0.717) is 12.0 Å². The van der Waals surface area contributed by atoms with Crippen LogP contribution in [0.2, 0.25) is 0 Å². The van der Waals surface area contributed by atoms with Gasteiger partial charge in [-0.05, 0) is 18.4 Å². The summed E-state index contributed by atoms with van der Waals surface area (Å²) in [5.74, 6) is 0.0543. The van der Waals surface area contributed by atoms with E-state index < -0.39 is 5.54 Å². The number of carbonyl (C=O) groups excluding carboxylic acids is 1. The molecule has 0 saturated heterocycles. The summed E-state index contributed by atoms with van der Waals surface area (Å²) in [6.45, 7) is 0. The Labute approximate surface area is 131 Å². The first kappa shape index (κ1) is 14.5. The number of ketones is 1. The molecule has 1 atom stereocenters. The van der Waals surface area contributed by atoms with Crippen LogP contribution in [0.15, 0.2) is 84.5 Å². The van der Waals surface area contributed by atoms with Gasteiger partial charge in [-0.15, -0.1) is 0 Å². The molecule has 2 nitrogen and oxygen atoms in total. The van der Waals surface area contributed by atoms with Gasteiger partial charge < -0.3 is 5.73 Å². The number of allylic oxidation sites excluding steroid dienone is 2. The summed E-state index contributed by atoms with van der Waals surface area (Å²) in [6, 6.07) is 19.5. The fourth-order valence-corrected chi connectivity index (χ4v) is 2.72. The van der Waals surface area contributed by atoms with Crippen molar-refractivity contribution in [1.29, 1.82) is 0 Å². The first-order chi connectivity index (χ1) is 10.7. The average molecular weight is 289 g/mol. The number of hydrogen-bond donors (Lipinski definition) is 1. The standard InChI is InChI=1S/C20H19NO/c21-20(15-16-7-3-1-4-8-16)13-11-18(12-14-20)19(22)17-9-5-2-6-10-17/h1-13H,14-15,21H2. The van der Waals surface area contributed by atoms with Crippen molar-refractivity contribution in [2.24, 2.45) is 5.73 Å². The van der Waals surface area contributed by atoms with E-state index >= 15 is 0 Å². The van der Waals surface area contributed by atoms with E-state index in [9.17, 15) is 4.79 Å². The number of hydrogen-bond acceptors (Lipinski definition) is 2. The Bertz CT molecular complexity index is 716. The zero-order valence-electron chi connectivity index (χ0n) is 12.4. The van der Waals surface area contributed by atoms with Gasteiger partial charge in [0.15, 0.2) is 5.78 Å². The van der Waals surface area contributed by atoms with Gasteiger partial charge in [-0.1, -0.05) is 78.9 Å². The Morgan fingerprint density at radius 3 is 2.23 bits per heavy atom. The topological polar surface area (TPSA) is 43.1 Å². The predicted molar refractivity (Wildman–Crippen MR) is 89.7 cm³/mol. The van der Waals surface area contributed by atoms with Crippen molar-refractivity contribution in [2.45, 2.75) is 18.4 Å². The van der Waals surface area contributed by atoms with Crippen LogP contribution >= 0.6 is 0 Å². The highest BCUT2D eigenvalue weighted by Gasteiger charge is 2.25. The summed E-state index contributed by atoms with van der Waals surface area (Å²) >= 11 is 0. The highest BCUT2D eigenvalue weighted by Crippen LogP contribution is 2.24. The van der Waals surface area contributed by atoms with Crippen LogP contribution in [0.3, 0.4) is 0 Å². The molecular weight excluding hydrogens is 270 g/mol. The average Bonchev–Trinajstić information content (AvgIpc) is 2.56. The fourth-order valence-electron chi connectivity index (χ4n) is 2.72. The second-order valence-electron chi connectivity index (χ2n) is 5.79. The number of nitrogens with two attached hydrogens (primary N) is 1. The highest BCUT2D eigenvalue weighted by molar-refractivity contribution is 6.10. The highest BCUT2D eigenvalue weighted by atomic mass is 16.1.